The lowest BCUT2D eigenvalue weighted by atomic mass is 10.0. The molecular weight excluding hydrogens is 264 g/mol. The highest BCUT2D eigenvalue weighted by Crippen LogP contribution is 2.37. The van der Waals surface area contributed by atoms with E-state index in [2.05, 4.69) is 36.2 Å². The standard InChI is InChI=1S/C17H28N2S/c1-3-16-9-10-17(20-16)13(2)19(15-7-8-15)12-14-6-4-5-11-18-14/h9-10,13-15,18H,3-8,11-12H2,1-2H3. The van der Waals surface area contributed by atoms with Gasteiger partial charge in [-0.2, -0.15) is 0 Å². The van der Waals surface area contributed by atoms with Crippen LogP contribution in [0.25, 0.3) is 0 Å². The van der Waals surface area contributed by atoms with Crippen LogP contribution >= 0.6 is 11.3 Å². The molecule has 2 aliphatic rings. The number of aryl methyl sites for hydroxylation is 1. The zero-order chi connectivity index (χ0) is 13.9. The van der Waals surface area contributed by atoms with Crippen molar-refractivity contribution in [1.29, 1.82) is 0 Å². The first-order valence-corrected chi connectivity index (χ1v) is 9.17. The van der Waals surface area contributed by atoms with Crippen molar-refractivity contribution in [1.82, 2.24) is 10.2 Å². The quantitative estimate of drug-likeness (QED) is 0.853. The smallest absolute Gasteiger partial charge is 0.0416 e. The van der Waals surface area contributed by atoms with Crippen LogP contribution in [-0.4, -0.2) is 30.1 Å². The SMILES string of the molecule is CCc1ccc(C(C)N(CC2CCCCN2)C2CC2)s1. The van der Waals surface area contributed by atoms with Crippen molar-refractivity contribution >= 4 is 11.3 Å². The van der Waals surface area contributed by atoms with E-state index in [0.29, 0.717) is 6.04 Å². The van der Waals surface area contributed by atoms with Gasteiger partial charge in [-0.05, 0) is 57.7 Å². The van der Waals surface area contributed by atoms with E-state index >= 15 is 0 Å². The molecule has 0 aromatic carbocycles. The second-order valence-electron chi connectivity index (χ2n) is 6.41. The van der Waals surface area contributed by atoms with Crippen molar-refractivity contribution in [3.05, 3.63) is 21.9 Å². The van der Waals surface area contributed by atoms with Gasteiger partial charge in [-0.3, -0.25) is 4.90 Å². The average Bonchev–Trinajstić information content (AvgIpc) is 3.21. The summed E-state index contributed by atoms with van der Waals surface area (Å²) in [5.74, 6) is 0. The lowest BCUT2D eigenvalue weighted by Crippen LogP contribution is -2.45. The fraction of sp³-hybridized carbons (Fsp3) is 0.765. The molecule has 2 atom stereocenters. The second-order valence-corrected chi connectivity index (χ2v) is 7.61. The van der Waals surface area contributed by atoms with E-state index in [-0.39, 0.29) is 0 Å². The highest BCUT2D eigenvalue weighted by molar-refractivity contribution is 7.12. The van der Waals surface area contributed by atoms with Crippen molar-refractivity contribution in [2.75, 3.05) is 13.1 Å². The van der Waals surface area contributed by atoms with Gasteiger partial charge in [0.2, 0.25) is 0 Å². The summed E-state index contributed by atoms with van der Waals surface area (Å²) in [6, 6.07) is 6.84. The fourth-order valence-corrected chi connectivity index (χ4v) is 4.36. The summed E-state index contributed by atoms with van der Waals surface area (Å²) in [4.78, 5) is 5.86. The zero-order valence-corrected chi connectivity index (χ0v) is 13.7. The summed E-state index contributed by atoms with van der Waals surface area (Å²) >= 11 is 2.01. The monoisotopic (exact) mass is 292 g/mol. The lowest BCUT2D eigenvalue weighted by molar-refractivity contribution is 0.169. The van der Waals surface area contributed by atoms with Gasteiger partial charge < -0.3 is 5.32 Å². The van der Waals surface area contributed by atoms with Gasteiger partial charge in [0.15, 0.2) is 0 Å². The molecule has 2 nitrogen and oxygen atoms in total. The van der Waals surface area contributed by atoms with Crippen LogP contribution in [-0.2, 0) is 6.42 Å². The number of piperidine rings is 1. The van der Waals surface area contributed by atoms with Gasteiger partial charge in [0.25, 0.3) is 0 Å². The Morgan fingerprint density at radius 2 is 2.15 bits per heavy atom. The predicted molar refractivity (Wildman–Crippen MR) is 87.5 cm³/mol. The summed E-state index contributed by atoms with van der Waals surface area (Å²) in [5, 5.41) is 3.72. The molecule has 0 amide bonds. The molecule has 3 rings (SSSR count). The number of hydrogen-bond acceptors (Lipinski definition) is 3. The number of thiophene rings is 1. The van der Waals surface area contributed by atoms with Gasteiger partial charge in [-0.25, -0.2) is 0 Å². The Bertz CT molecular complexity index is 418. The molecule has 20 heavy (non-hydrogen) atoms. The molecule has 112 valence electrons. The van der Waals surface area contributed by atoms with E-state index in [9.17, 15) is 0 Å². The van der Waals surface area contributed by atoms with Gasteiger partial charge in [0, 0.05) is 34.4 Å². The molecule has 2 heterocycles. The molecule has 1 aliphatic carbocycles. The molecule has 1 saturated heterocycles. The van der Waals surface area contributed by atoms with Crippen molar-refractivity contribution < 1.29 is 0 Å². The van der Waals surface area contributed by atoms with Crippen LogP contribution < -0.4 is 5.32 Å². The van der Waals surface area contributed by atoms with Crippen molar-refractivity contribution in [2.24, 2.45) is 0 Å². The maximum atomic E-state index is 3.72. The second kappa shape index (κ2) is 6.59. The van der Waals surface area contributed by atoms with Crippen LogP contribution in [0.2, 0.25) is 0 Å². The van der Waals surface area contributed by atoms with Gasteiger partial charge in [0.05, 0.1) is 0 Å². The minimum absolute atomic E-state index is 0.594. The third kappa shape index (κ3) is 3.44. The minimum Gasteiger partial charge on any atom is -0.313 e. The number of nitrogens with zero attached hydrogens (tertiary/aromatic N) is 1. The first-order chi connectivity index (χ1) is 9.78. The van der Waals surface area contributed by atoms with Crippen LogP contribution in [0, 0.1) is 0 Å². The lowest BCUT2D eigenvalue weighted by Gasteiger charge is -2.34. The van der Waals surface area contributed by atoms with Crippen molar-refractivity contribution in [3.63, 3.8) is 0 Å². The van der Waals surface area contributed by atoms with Gasteiger partial charge >= 0.3 is 0 Å². The van der Waals surface area contributed by atoms with Crippen LogP contribution in [0.4, 0.5) is 0 Å². The topological polar surface area (TPSA) is 15.3 Å². The van der Waals surface area contributed by atoms with Gasteiger partial charge in [-0.1, -0.05) is 13.3 Å². The van der Waals surface area contributed by atoms with Crippen LogP contribution in [0.15, 0.2) is 12.1 Å². The summed E-state index contributed by atoms with van der Waals surface area (Å²) in [6.07, 6.45) is 8.11. The molecule has 0 spiro atoms. The molecule has 2 fully saturated rings. The van der Waals surface area contributed by atoms with Crippen molar-refractivity contribution in [3.8, 4) is 0 Å². The average molecular weight is 292 g/mol. The highest BCUT2D eigenvalue weighted by Gasteiger charge is 2.34. The number of rotatable bonds is 6. The van der Waals surface area contributed by atoms with E-state index in [1.807, 2.05) is 11.3 Å². The molecule has 1 N–H and O–H groups in total. The Morgan fingerprint density at radius 3 is 2.75 bits per heavy atom. The maximum absolute atomic E-state index is 3.72. The van der Waals surface area contributed by atoms with E-state index in [4.69, 9.17) is 0 Å². The molecule has 0 bridgehead atoms. The Balaban J connectivity index is 1.65. The van der Waals surface area contributed by atoms with E-state index in [1.54, 1.807) is 4.88 Å². The molecule has 1 aromatic rings. The molecular formula is C17H28N2S. The van der Waals surface area contributed by atoms with Crippen LogP contribution in [0.3, 0.4) is 0 Å². The highest BCUT2D eigenvalue weighted by atomic mass is 32.1. The van der Waals surface area contributed by atoms with Gasteiger partial charge in [-0.15, -0.1) is 11.3 Å². The summed E-state index contributed by atoms with van der Waals surface area (Å²) in [7, 11) is 0. The maximum Gasteiger partial charge on any atom is 0.0416 e. The molecule has 1 aromatic heterocycles. The number of nitrogens with one attached hydrogen (secondary N) is 1. The fourth-order valence-electron chi connectivity index (χ4n) is 3.34. The first kappa shape index (κ1) is 14.6. The van der Waals surface area contributed by atoms with Gasteiger partial charge in [0.1, 0.15) is 0 Å². The predicted octanol–water partition coefficient (Wildman–Crippen LogP) is 3.98. The summed E-state index contributed by atoms with van der Waals surface area (Å²) < 4.78 is 0. The van der Waals surface area contributed by atoms with E-state index in [1.165, 1.54) is 56.5 Å². The van der Waals surface area contributed by atoms with Crippen LogP contribution in [0.5, 0.6) is 0 Å². The Labute approximate surface area is 127 Å². The molecule has 2 unspecified atom stereocenters. The summed E-state index contributed by atoms with van der Waals surface area (Å²) in [6.45, 7) is 7.12. The number of hydrogen-bond donors (Lipinski definition) is 1. The Kier molecular flexibility index (Phi) is 4.79. The summed E-state index contributed by atoms with van der Waals surface area (Å²) in [5.41, 5.74) is 0. The largest absolute Gasteiger partial charge is 0.313 e. The molecule has 0 radical (unpaired) electrons. The van der Waals surface area contributed by atoms with Crippen molar-refractivity contribution in [2.45, 2.75) is 70.5 Å². The van der Waals surface area contributed by atoms with E-state index < -0.39 is 0 Å². The Morgan fingerprint density at radius 1 is 1.30 bits per heavy atom. The Hall–Kier alpha value is -0.380. The third-order valence-electron chi connectivity index (χ3n) is 4.80. The molecule has 3 heteroatoms. The molecule has 1 saturated carbocycles. The third-order valence-corrected chi connectivity index (χ3v) is 6.20. The minimum atomic E-state index is 0.594. The first-order valence-electron chi connectivity index (χ1n) is 8.35. The van der Waals surface area contributed by atoms with E-state index in [0.717, 1.165) is 12.1 Å². The van der Waals surface area contributed by atoms with Crippen LogP contribution in [0.1, 0.15) is 61.7 Å². The molecule has 1 aliphatic heterocycles. The zero-order valence-electron chi connectivity index (χ0n) is 12.9. The normalized spacial score (nSPS) is 25.1.